The number of carbonyl (C=O) groups is 1. The van der Waals surface area contributed by atoms with E-state index in [2.05, 4.69) is 4.98 Å². The summed E-state index contributed by atoms with van der Waals surface area (Å²) < 4.78 is 63.9. The largest absolute Gasteiger partial charge is 0.490 e. The molecule has 1 aliphatic rings. The Bertz CT molecular complexity index is 868. The van der Waals surface area contributed by atoms with Crippen LogP contribution < -0.4 is 0 Å². The molecule has 0 saturated heterocycles. The summed E-state index contributed by atoms with van der Waals surface area (Å²) in [5, 5.41) is 8.88. The zero-order chi connectivity index (χ0) is 20.4. The van der Waals surface area contributed by atoms with Crippen molar-refractivity contribution in [2.24, 2.45) is 0 Å². The molecule has 27 heavy (non-hydrogen) atoms. The summed E-state index contributed by atoms with van der Waals surface area (Å²) in [6, 6.07) is 3.35. The van der Waals surface area contributed by atoms with Crippen molar-refractivity contribution in [2.75, 3.05) is 14.1 Å². The van der Waals surface area contributed by atoms with Gasteiger partial charge < -0.3 is 14.4 Å². The summed E-state index contributed by atoms with van der Waals surface area (Å²) in [6.45, 7) is 1.16. The number of alkyl halides is 3. The van der Waals surface area contributed by atoms with E-state index in [1.54, 1.807) is 17.5 Å². The maximum Gasteiger partial charge on any atom is 0.490 e. The van der Waals surface area contributed by atoms with Crippen LogP contribution in [0, 0.1) is 0 Å². The maximum absolute atomic E-state index is 12.4. The van der Waals surface area contributed by atoms with Gasteiger partial charge in [0.2, 0.25) is 5.89 Å². The molecular formula is C14H16F3N3O5S2. The van der Waals surface area contributed by atoms with Crippen LogP contribution in [-0.4, -0.2) is 54.0 Å². The third-order valence-electron chi connectivity index (χ3n) is 3.25. The minimum absolute atomic E-state index is 0.260. The molecule has 13 heteroatoms. The van der Waals surface area contributed by atoms with E-state index in [0.717, 1.165) is 5.69 Å². The number of sulfonamides is 1. The van der Waals surface area contributed by atoms with Gasteiger partial charge in [0.1, 0.15) is 9.97 Å². The molecule has 0 aromatic carbocycles. The molecule has 0 bridgehead atoms. The molecule has 1 aliphatic heterocycles. The molecule has 0 unspecified atom stereocenters. The number of halogens is 3. The number of aliphatic carboxylic acids is 1. The van der Waals surface area contributed by atoms with E-state index < -0.39 is 22.2 Å². The van der Waals surface area contributed by atoms with E-state index in [1.807, 2.05) is 19.0 Å². The molecule has 1 N–H and O–H groups in total. The Hall–Kier alpha value is -1.96. The average molecular weight is 427 g/mol. The van der Waals surface area contributed by atoms with Gasteiger partial charge in [0.25, 0.3) is 10.0 Å². The minimum Gasteiger partial charge on any atom is -0.475 e. The van der Waals surface area contributed by atoms with Gasteiger partial charge in [0, 0.05) is 0 Å². The number of carboxylic acids is 1. The Morgan fingerprint density at radius 2 is 2.04 bits per heavy atom. The topological polar surface area (TPSA) is 104 Å². The van der Waals surface area contributed by atoms with Crippen molar-refractivity contribution in [3.05, 3.63) is 34.9 Å². The van der Waals surface area contributed by atoms with Gasteiger partial charge >= 0.3 is 12.1 Å². The van der Waals surface area contributed by atoms with Gasteiger partial charge in [-0.3, -0.25) is 0 Å². The smallest absolute Gasteiger partial charge is 0.475 e. The van der Waals surface area contributed by atoms with Crippen LogP contribution in [0.1, 0.15) is 17.3 Å². The highest BCUT2D eigenvalue weighted by Crippen LogP contribution is 2.30. The van der Waals surface area contributed by atoms with Gasteiger partial charge in [-0.05, 0) is 25.5 Å². The number of nitrogens with zero attached hydrogens (tertiary/aromatic N) is 3. The second-order valence-electron chi connectivity index (χ2n) is 5.72. The Morgan fingerprint density at radius 3 is 2.48 bits per heavy atom. The number of hydrogen-bond acceptors (Lipinski definition) is 7. The Morgan fingerprint density at radius 1 is 1.41 bits per heavy atom. The maximum atomic E-state index is 12.4. The zero-order valence-electron chi connectivity index (χ0n) is 14.2. The van der Waals surface area contributed by atoms with Gasteiger partial charge in [-0.2, -0.15) is 17.5 Å². The van der Waals surface area contributed by atoms with Crippen LogP contribution >= 0.6 is 11.3 Å². The lowest BCUT2D eigenvalue weighted by atomic mass is 10.4. The lowest BCUT2D eigenvalue weighted by Gasteiger charge is -2.13. The van der Waals surface area contributed by atoms with Crippen LogP contribution in [0.15, 0.2) is 26.1 Å². The summed E-state index contributed by atoms with van der Waals surface area (Å²) in [5.41, 5.74) is 0.724. The van der Waals surface area contributed by atoms with Crippen LogP contribution in [0.5, 0.6) is 0 Å². The first kappa shape index (κ1) is 21.3. The number of thiophene rings is 1. The molecule has 3 heterocycles. The fraction of sp³-hybridized carbons (Fsp3) is 0.429. The van der Waals surface area contributed by atoms with Gasteiger partial charge in [-0.25, -0.2) is 18.2 Å². The molecule has 0 atom stereocenters. The van der Waals surface area contributed by atoms with Crippen LogP contribution in [0.25, 0.3) is 0 Å². The monoisotopic (exact) mass is 427 g/mol. The van der Waals surface area contributed by atoms with E-state index in [1.165, 1.54) is 15.6 Å². The van der Waals surface area contributed by atoms with E-state index >= 15 is 0 Å². The predicted octanol–water partition coefficient (Wildman–Crippen LogP) is 2.14. The molecule has 0 spiro atoms. The number of carboxylic acid groups (broad SMARTS) is 1. The molecule has 0 saturated carbocycles. The third kappa shape index (κ3) is 5.28. The van der Waals surface area contributed by atoms with E-state index in [-0.39, 0.29) is 13.1 Å². The highest BCUT2D eigenvalue weighted by Gasteiger charge is 2.38. The summed E-state index contributed by atoms with van der Waals surface area (Å²) in [7, 11) is 0.439. The van der Waals surface area contributed by atoms with E-state index in [0.29, 0.717) is 22.4 Å². The van der Waals surface area contributed by atoms with Crippen LogP contribution in [0.4, 0.5) is 13.2 Å². The first-order valence-corrected chi connectivity index (χ1v) is 9.69. The molecule has 3 rings (SSSR count). The zero-order valence-corrected chi connectivity index (χ0v) is 15.9. The lowest BCUT2D eigenvalue weighted by molar-refractivity contribution is -0.192. The highest BCUT2D eigenvalue weighted by atomic mass is 32.2. The van der Waals surface area contributed by atoms with E-state index in [4.69, 9.17) is 14.3 Å². The van der Waals surface area contributed by atoms with Gasteiger partial charge in [0.15, 0.2) is 0 Å². The molecule has 0 amide bonds. The van der Waals surface area contributed by atoms with Crippen molar-refractivity contribution < 1.29 is 35.9 Å². The minimum atomic E-state index is -5.08. The van der Waals surface area contributed by atoms with Crippen molar-refractivity contribution in [2.45, 2.75) is 30.0 Å². The normalized spacial score (nSPS) is 14.7. The van der Waals surface area contributed by atoms with Gasteiger partial charge in [-0.1, -0.05) is 6.07 Å². The molecule has 8 nitrogen and oxygen atoms in total. The standard InChI is InChI=1S/C12H15N3O3S2.C2HF3O2/c1-14(2)8-11-13-9-6-15(7-10(9)18-11)20(16,17)12-4-3-5-19-12;3-2(4,5)1(6)7/h3-5H,6-8H2,1-2H3;(H,6,7). The van der Waals surface area contributed by atoms with Crippen molar-refractivity contribution in [1.82, 2.24) is 14.2 Å². The molecule has 2 aromatic rings. The van der Waals surface area contributed by atoms with Crippen LogP contribution in [0.3, 0.4) is 0 Å². The third-order valence-corrected chi connectivity index (χ3v) is 6.42. The lowest BCUT2D eigenvalue weighted by Crippen LogP contribution is -2.25. The van der Waals surface area contributed by atoms with Gasteiger partial charge in [0.05, 0.1) is 25.3 Å². The van der Waals surface area contributed by atoms with Crippen molar-refractivity contribution in [1.29, 1.82) is 0 Å². The Labute approximate surface area is 156 Å². The van der Waals surface area contributed by atoms with Gasteiger partial charge in [-0.15, -0.1) is 11.3 Å². The molecule has 0 fully saturated rings. The summed E-state index contributed by atoms with van der Waals surface area (Å²) in [4.78, 5) is 15.2. The summed E-state index contributed by atoms with van der Waals surface area (Å²) in [6.07, 6.45) is -5.08. The van der Waals surface area contributed by atoms with E-state index in [9.17, 15) is 21.6 Å². The van der Waals surface area contributed by atoms with Crippen LogP contribution in [0.2, 0.25) is 0 Å². The second kappa shape index (κ2) is 7.96. The van der Waals surface area contributed by atoms with Crippen molar-refractivity contribution >= 4 is 27.3 Å². The Balaban J connectivity index is 0.000000321. The summed E-state index contributed by atoms with van der Waals surface area (Å²) in [5.74, 6) is -1.47. The quantitative estimate of drug-likeness (QED) is 0.797. The first-order valence-electron chi connectivity index (χ1n) is 7.37. The van der Waals surface area contributed by atoms with Crippen LogP contribution in [-0.2, 0) is 34.5 Å². The average Bonchev–Trinajstić information content (AvgIpc) is 3.21. The molecule has 2 aromatic heterocycles. The molecule has 0 radical (unpaired) electrons. The van der Waals surface area contributed by atoms with Crippen molar-refractivity contribution in [3.8, 4) is 0 Å². The Kier molecular flexibility index (Phi) is 6.29. The number of aromatic nitrogens is 1. The predicted molar refractivity (Wildman–Crippen MR) is 88.3 cm³/mol. The fourth-order valence-corrected chi connectivity index (χ4v) is 4.61. The summed E-state index contributed by atoms with van der Waals surface area (Å²) >= 11 is 1.22. The number of hydrogen-bond donors (Lipinski definition) is 1. The fourth-order valence-electron chi connectivity index (χ4n) is 2.11. The number of rotatable bonds is 4. The molecular weight excluding hydrogens is 411 g/mol. The number of fused-ring (bicyclic) bond motifs is 1. The van der Waals surface area contributed by atoms with Crippen molar-refractivity contribution in [3.63, 3.8) is 0 Å². The highest BCUT2D eigenvalue weighted by molar-refractivity contribution is 7.91. The molecule has 0 aliphatic carbocycles. The molecule has 150 valence electrons. The first-order chi connectivity index (χ1) is 12.4. The SMILES string of the molecule is CN(C)Cc1nc2c(o1)CN(S(=O)(=O)c1cccs1)C2.O=C(O)C(F)(F)F. The number of oxazole rings is 1. The second-order valence-corrected chi connectivity index (χ2v) is 8.84.